The van der Waals surface area contributed by atoms with Gasteiger partial charge in [0.2, 0.25) is 0 Å². The molecule has 3 N–H and O–H groups in total. The molecule has 0 saturated carbocycles. The zero-order valence-electron chi connectivity index (χ0n) is 9.33. The molecular weight excluding hydrogens is 244 g/mol. The third-order valence-corrected chi connectivity index (χ3v) is 2.33. The molecule has 5 nitrogen and oxygen atoms in total. The van der Waals surface area contributed by atoms with Gasteiger partial charge in [0, 0.05) is 0 Å². The van der Waals surface area contributed by atoms with E-state index >= 15 is 0 Å². The fraction of sp³-hybridized carbons (Fsp3) is 0.273. The van der Waals surface area contributed by atoms with E-state index in [-0.39, 0.29) is 24.4 Å². The van der Waals surface area contributed by atoms with Gasteiger partial charge in [-0.2, -0.15) is 0 Å². The number of nitrogen functional groups attached to an aromatic ring is 1. The molecule has 92 valence electrons. The molecule has 0 bridgehead atoms. The highest BCUT2D eigenvalue weighted by atomic mass is 35.5. The SMILES string of the molecule is CCOC(=O)CNC(=O)c1cccc(Cl)c1N. The Morgan fingerprint density at radius 3 is 2.82 bits per heavy atom. The summed E-state index contributed by atoms with van der Waals surface area (Å²) < 4.78 is 4.67. The lowest BCUT2D eigenvalue weighted by Crippen LogP contribution is -2.31. The number of esters is 1. The van der Waals surface area contributed by atoms with Crippen LogP contribution in [0.1, 0.15) is 17.3 Å². The first-order valence-corrected chi connectivity index (χ1v) is 5.41. The van der Waals surface area contributed by atoms with Gasteiger partial charge in [-0.1, -0.05) is 17.7 Å². The second-order valence-electron chi connectivity index (χ2n) is 3.19. The van der Waals surface area contributed by atoms with E-state index in [0.717, 1.165) is 0 Å². The Kier molecular flexibility index (Phi) is 4.78. The highest BCUT2D eigenvalue weighted by Gasteiger charge is 2.12. The zero-order valence-corrected chi connectivity index (χ0v) is 10.1. The largest absolute Gasteiger partial charge is 0.465 e. The summed E-state index contributed by atoms with van der Waals surface area (Å²) in [6, 6.07) is 4.72. The molecule has 0 aliphatic rings. The lowest BCUT2D eigenvalue weighted by Gasteiger charge is -2.07. The van der Waals surface area contributed by atoms with Crippen LogP contribution in [0.4, 0.5) is 5.69 Å². The summed E-state index contributed by atoms with van der Waals surface area (Å²) in [7, 11) is 0. The van der Waals surface area contributed by atoms with E-state index in [2.05, 4.69) is 10.1 Å². The van der Waals surface area contributed by atoms with Crippen molar-refractivity contribution in [2.75, 3.05) is 18.9 Å². The number of nitrogens with one attached hydrogen (secondary N) is 1. The number of rotatable bonds is 4. The molecule has 0 heterocycles. The Bertz CT molecular complexity index is 435. The minimum Gasteiger partial charge on any atom is -0.465 e. The summed E-state index contributed by atoms with van der Waals surface area (Å²) in [5, 5.41) is 2.70. The molecular formula is C11H13ClN2O3. The average Bonchev–Trinajstić information content (AvgIpc) is 2.30. The second kappa shape index (κ2) is 6.10. The predicted octanol–water partition coefficient (Wildman–Crippen LogP) is 1.22. The smallest absolute Gasteiger partial charge is 0.325 e. The van der Waals surface area contributed by atoms with Gasteiger partial charge in [-0.3, -0.25) is 9.59 Å². The lowest BCUT2D eigenvalue weighted by atomic mass is 10.1. The standard InChI is InChI=1S/C11H13ClN2O3/c1-2-17-9(15)6-14-11(16)7-4-3-5-8(12)10(7)13/h3-5H,2,6,13H2,1H3,(H,14,16). The molecule has 6 heteroatoms. The maximum absolute atomic E-state index is 11.7. The van der Waals surface area contributed by atoms with Crippen molar-refractivity contribution >= 4 is 29.2 Å². The number of carbonyl (C=O) groups is 2. The van der Waals surface area contributed by atoms with E-state index in [9.17, 15) is 9.59 Å². The highest BCUT2D eigenvalue weighted by molar-refractivity contribution is 6.33. The molecule has 0 fully saturated rings. The Labute approximate surface area is 104 Å². The van der Waals surface area contributed by atoms with Gasteiger partial charge in [-0.05, 0) is 19.1 Å². The van der Waals surface area contributed by atoms with Crippen LogP contribution in [0.5, 0.6) is 0 Å². The van der Waals surface area contributed by atoms with Gasteiger partial charge < -0.3 is 15.8 Å². The molecule has 0 spiro atoms. The summed E-state index contributed by atoms with van der Waals surface area (Å²) in [6.07, 6.45) is 0. The molecule has 17 heavy (non-hydrogen) atoms. The molecule has 0 radical (unpaired) electrons. The summed E-state index contributed by atoms with van der Waals surface area (Å²) in [6.45, 7) is 1.77. The van der Waals surface area contributed by atoms with Gasteiger partial charge in [-0.15, -0.1) is 0 Å². The Hall–Kier alpha value is -1.75. The van der Waals surface area contributed by atoms with E-state index in [4.69, 9.17) is 17.3 Å². The van der Waals surface area contributed by atoms with E-state index in [1.807, 2.05) is 0 Å². The van der Waals surface area contributed by atoms with Crippen molar-refractivity contribution in [1.82, 2.24) is 5.32 Å². The Morgan fingerprint density at radius 2 is 2.18 bits per heavy atom. The number of anilines is 1. The maximum Gasteiger partial charge on any atom is 0.325 e. The molecule has 1 amide bonds. The van der Waals surface area contributed by atoms with E-state index in [1.54, 1.807) is 19.1 Å². The van der Waals surface area contributed by atoms with Crippen LogP contribution in [0.2, 0.25) is 5.02 Å². The number of carbonyl (C=O) groups excluding carboxylic acids is 2. The first-order valence-electron chi connectivity index (χ1n) is 5.04. The number of halogens is 1. The third-order valence-electron chi connectivity index (χ3n) is 2.00. The van der Waals surface area contributed by atoms with Crippen LogP contribution in [0, 0.1) is 0 Å². The van der Waals surface area contributed by atoms with Gasteiger partial charge in [0.05, 0.1) is 22.9 Å². The first kappa shape index (κ1) is 13.3. The van der Waals surface area contributed by atoms with Crippen molar-refractivity contribution < 1.29 is 14.3 Å². The average molecular weight is 257 g/mol. The van der Waals surface area contributed by atoms with Crippen LogP contribution in [-0.2, 0) is 9.53 Å². The van der Waals surface area contributed by atoms with Crippen molar-refractivity contribution in [1.29, 1.82) is 0 Å². The number of nitrogens with two attached hydrogens (primary N) is 1. The van der Waals surface area contributed by atoms with Crippen molar-refractivity contribution in [2.45, 2.75) is 6.92 Å². The van der Waals surface area contributed by atoms with Gasteiger partial charge in [0.15, 0.2) is 0 Å². The molecule has 0 aliphatic carbocycles. The van der Waals surface area contributed by atoms with Crippen LogP contribution in [0.3, 0.4) is 0 Å². The van der Waals surface area contributed by atoms with Crippen LogP contribution in [0.15, 0.2) is 18.2 Å². The minimum absolute atomic E-state index is 0.190. The number of para-hydroxylation sites is 1. The topological polar surface area (TPSA) is 81.4 Å². The number of hydrogen-bond donors (Lipinski definition) is 2. The van der Waals surface area contributed by atoms with Crippen molar-refractivity contribution in [3.8, 4) is 0 Å². The maximum atomic E-state index is 11.7. The Morgan fingerprint density at radius 1 is 1.47 bits per heavy atom. The predicted molar refractivity (Wildman–Crippen MR) is 64.8 cm³/mol. The fourth-order valence-corrected chi connectivity index (χ4v) is 1.37. The summed E-state index contributed by atoms with van der Waals surface area (Å²) in [5.41, 5.74) is 6.07. The third kappa shape index (κ3) is 3.64. The van der Waals surface area contributed by atoms with Crippen molar-refractivity contribution in [3.63, 3.8) is 0 Å². The van der Waals surface area contributed by atoms with Crippen molar-refractivity contribution in [2.24, 2.45) is 0 Å². The van der Waals surface area contributed by atoms with Crippen LogP contribution < -0.4 is 11.1 Å². The Balaban J connectivity index is 2.64. The van der Waals surface area contributed by atoms with Gasteiger partial charge in [0.1, 0.15) is 6.54 Å². The molecule has 1 rings (SSSR count). The number of hydrogen-bond acceptors (Lipinski definition) is 4. The van der Waals surface area contributed by atoms with Crippen LogP contribution >= 0.6 is 11.6 Å². The molecule has 0 unspecified atom stereocenters. The van der Waals surface area contributed by atoms with E-state index in [0.29, 0.717) is 5.02 Å². The first-order chi connectivity index (χ1) is 8.06. The summed E-state index contributed by atoms with van der Waals surface area (Å²) in [4.78, 5) is 22.7. The second-order valence-corrected chi connectivity index (χ2v) is 3.60. The molecule has 1 aromatic carbocycles. The lowest BCUT2D eigenvalue weighted by molar-refractivity contribution is -0.141. The van der Waals surface area contributed by atoms with Crippen LogP contribution in [0.25, 0.3) is 0 Å². The summed E-state index contributed by atoms with van der Waals surface area (Å²) in [5.74, 6) is -0.959. The quantitative estimate of drug-likeness (QED) is 0.627. The number of ether oxygens (including phenoxy) is 1. The molecule has 0 atom stereocenters. The van der Waals surface area contributed by atoms with E-state index in [1.165, 1.54) is 6.07 Å². The molecule has 0 aromatic heterocycles. The monoisotopic (exact) mass is 256 g/mol. The summed E-state index contributed by atoms with van der Waals surface area (Å²) >= 11 is 5.77. The zero-order chi connectivity index (χ0) is 12.8. The van der Waals surface area contributed by atoms with Crippen molar-refractivity contribution in [3.05, 3.63) is 28.8 Å². The normalized spacial score (nSPS) is 9.76. The number of benzene rings is 1. The highest BCUT2D eigenvalue weighted by Crippen LogP contribution is 2.21. The van der Waals surface area contributed by atoms with E-state index < -0.39 is 11.9 Å². The number of amides is 1. The fourth-order valence-electron chi connectivity index (χ4n) is 1.19. The van der Waals surface area contributed by atoms with Gasteiger partial charge in [-0.25, -0.2) is 0 Å². The van der Waals surface area contributed by atoms with Gasteiger partial charge >= 0.3 is 5.97 Å². The molecule has 1 aromatic rings. The van der Waals surface area contributed by atoms with Crippen LogP contribution in [-0.4, -0.2) is 25.0 Å². The van der Waals surface area contributed by atoms with Gasteiger partial charge in [0.25, 0.3) is 5.91 Å². The molecule has 0 aliphatic heterocycles. The minimum atomic E-state index is -0.499. The molecule has 0 saturated heterocycles.